The Bertz CT molecular complexity index is 477. The van der Waals surface area contributed by atoms with Gasteiger partial charge in [-0.05, 0) is 24.3 Å². The number of ether oxygens (including phenoxy) is 1. The largest absolute Gasteiger partial charge is 0.467 e. The van der Waals surface area contributed by atoms with Crippen LogP contribution < -0.4 is 0 Å². The van der Waals surface area contributed by atoms with Crippen molar-refractivity contribution in [3.63, 3.8) is 0 Å². The van der Waals surface area contributed by atoms with Crippen LogP contribution in [-0.2, 0) is 9.53 Å². The van der Waals surface area contributed by atoms with E-state index in [0.717, 1.165) is 0 Å². The predicted molar refractivity (Wildman–Crippen MR) is 52.2 cm³/mol. The molecule has 0 saturated carbocycles. The van der Waals surface area contributed by atoms with E-state index in [4.69, 9.17) is 4.42 Å². The van der Waals surface area contributed by atoms with Gasteiger partial charge in [0.1, 0.15) is 0 Å². The maximum Gasteiger partial charge on any atom is 0.332 e. The summed E-state index contributed by atoms with van der Waals surface area (Å²) in [5.74, 6) is 0.410. The smallest absolute Gasteiger partial charge is 0.332 e. The van der Waals surface area contributed by atoms with Gasteiger partial charge in [0, 0.05) is 0 Å². The van der Waals surface area contributed by atoms with Gasteiger partial charge in [-0.25, -0.2) is 4.79 Å². The van der Waals surface area contributed by atoms with Gasteiger partial charge in [0.25, 0.3) is 0 Å². The number of aromatic nitrogens is 4. The van der Waals surface area contributed by atoms with Gasteiger partial charge in [0.2, 0.25) is 5.82 Å². The number of tetrazole rings is 1. The van der Waals surface area contributed by atoms with E-state index in [9.17, 15) is 4.79 Å². The Morgan fingerprint density at radius 1 is 1.62 bits per heavy atom. The molecule has 0 radical (unpaired) electrons. The van der Waals surface area contributed by atoms with Crippen LogP contribution in [0.15, 0.2) is 22.8 Å². The van der Waals surface area contributed by atoms with E-state index in [0.29, 0.717) is 11.6 Å². The van der Waals surface area contributed by atoms with E-state index < -0.39 is 12.0 Å². The number of carbonyl (C=O) groups is 1. The average molecular weight is 222 g/mol. The number of rotatable bonds is 3. The lowest BCUT2D eigenvalue weighted by molar-refractivity contribution is -0.144. The highest BCUT2D eigenvalue weighted by Gasteiger charge is 2.19. The van der Waals surface area contributed by atoms with Gasteiger partial charge in [-0.1, -0.05) is 0 Å². The third kappa shape index (κ3) is 1.79. The fraction of sp³-hybridized carbons (Fsp3) is 0.333. The molecule has 0 aliphatic rings. The van der Waals surface area contributed by atoms with Crippen LogP contribution in [0.1, 0.15) is 13.0 Å². The van der Waals surface area contributed by atoms with Crippen LogP contribution in [0.25, 0.3) is 11.6 Å². The molecule has 84 valence electrons. The maximum absolute atomic E-state index is 11.2. The Hall–Kier alpha value is -2.18. The van der Waals surface area contributed by atoms with Crippen molar-refractivity contribution < 1.29 is 13.9 Å². The van der Waals surface area contributed by atoms with Crippen molar-refractivity contribution in [1.82, 2.24) is 20.2 Å². The molecular formula is C9H10N4O3. The minimum Gasteiger partial charge on any atom is -0.467 e. The first-order valence-corrected chi connectivity index (χ1v) is 4.63. The average Bonchev–Trinajstić information content (AvgIpc) is 2.96. The van der Waals surface area contributed by atoms with E-state index in [1.807, 2.05) is 0 Å². The third-order valence-corrected chi connectivity index (χ3v) is 2.06. The summed E-state index contributed by atoms with van der Waals surface area (Å²) in [5, 5.41) is 11.6. The number of carbonyl (C=O) groups excluding carboxylic acids is 1. The molecule has 0 aliphatic carbocycles. The fourth-order valence-electron chi connectivity index (χ4n) is 1.16. The van der Waals surface area contributed by atoms with Crippen LogP contribution in [0.3, 0.4) is 0 Å². The van der Waals surface area contributed by atoms with Gasteiger partial charge >= 0.3 is 5.97 Å². The summed E-state index contributed by atoms with van der Waals surface area (Å²) in [6, 6.07) is 2.82. The summed E-state index contributed by atoms with van der Waals surface area (Å²) in [5.41, 5.74) is 0. The molecule has 0 aliphatic heterocycles. The Morgan fingerprint density at radius 3 is 3.06 bits per heavy atom. The molecule has 2 rings (SSSR count). The highest BCUT2D eigenvalue weighted by molar-refractivity contribution is 5.73. The summed E-state index contributed by atoms with van der Waals surface area (Å²) in [7, 11) is 1.31. The van der Waals surface area contributed by atoms with E-state index in [2.05, 4.69) is 20.1 Å². The zero-order valence-electron chi connectivity index (χ0n) is 8.82. The maximum atomic E-state index is 11.2. The quantitative estimate of drug-likeness (QED) is 0.709. The molecule has 0 unspecified atom stereocenters. The first-order valence-electron chi connectivity index (χ1n) is 4.63. The van der Waals surface area contributed by atoms with Crippen molar-refractivity contribution in [2.24, 2.45) is 0 Å². The molecule has 2 aromatic heterocycles. The topological polar surface area (TPSA) is 83.0 Å². The minimum absolute atomic E-state index is 0.334. The molecule has 0 aromatic carbocycles. The van der Waals surface area contributed by atoms with Gasteiger partial charge in [0.15, 0.2) is 11.8 Å². The first-order chi connectivity index (χ1) is 7.72. The molecule has 0 saturated heterocycles. The van der Waals surface area contributed by atoms with Gasteiger partial charge < -0.3 is 9.15 Å². The van der Waals surface area contributed by atoms with Crippen LogP contribution in [0, 0.1) is 0 Å². The van der Waals surface area contributed by atoms with Gasteiger partial charge in [-0.2, -0.15) is 0 Å². The van der Waals surface area contributed by atoms with Crippen molar-refractivity contribution in [2.75, 3.05) is 7.11 Å². The van der Waals surface area contributed by atoms with Crippen molar-refractivity contribution in [3.05, 3.63) is 18.4 Å². The van der Waals surface area contributed by atoms with Crippen molar-refractivity contribution in [3.8, 4) is 11.6 Å². The lowest BCUT2D eigenvalue weighted by Gasteiger charge is -2.05. The molecule has 0 N–H and O–H groups in total. The molecule has 16 heavy (non-hydrogen) atoms. The lowest BCUT2D eigenvalue weighted by Crippen LogP contribution is -2.20. The van der Waals surface area contributed by atoms with Gasteiger partial charge in [-0.3, -0.25) is 0 Å². The number of esters is 1. The van der Waals surface area contributed by atoms with Gasteiger partial charge in [0.05, 0.1) is 13.4 Å². The van der Waals surface area contributed by atoms with Crippen LogP contribution in [-0.4, -0.2) is 33.3 Å². The van der Waals surface area contributed by atoms with Crippen LogP contribution in [0.4, 0.5) is 0 Å². The van der Waals surface area contributed by atoms with E-state index >= 15 is 0 Å². The van der Waals surface area contributed by atoms with Crippen molar-refractivity contribution in [1.29, 1.82) is 0 Å². The highest BCUT2D eigenvalue weighted by atomic mass is 16.5. The molecule has 0 bridgehead atoms. The number of hydrogen-bond donors (Lipinski definition) is 0. The number of furan rings is 1. The molecule has 0 spiro atoms. The monoisotopic (exact) mass is 222 g/mol. The van der Waals surface area contributed by atoms with E-state index in [1.165, 1.54) is 18.2 Å². The highest BCUT2D eigenvalue weighted by Crippen LogP contribution is 2.14. The summed E-state index contributed by atoms with van der Waals surface area (Å²) in [6.45, 7) is 1.62. The van der Waals surface area contributed by atoms with Gasteiger partial charge in [-0.15, -0.1) is 15.0 Å². The molecule has 7 heteroatoms. The molecule has 0 amide bonds. The molecule has 7 nitrogen and oxygen atoms in total. The molecule has 0 fully saturated rings. The predicted octanol–water partition coefficient (Wildman–Crippen LogP) is 0.667. The first kappa shape index (κ1) is 10.3. The van der Waals surface area contributed by atoms with Crippen LogP contribution in [0.2, 0.25) is 0 Å². The van der Waals surface area contributed by atoms with Crippen molar-refractivity contribution >= 4 is 5.97 Å². The normalized spacial score (nSPS) is 12.4. The molecule has 2 aromatic rings. The number of hydrogen-bond acceptors (Lipinski definition) is 6. The Balaban J connectivity index is 2.23. The van der Waals surface area contributed by atoms with Crippen LogP contribution >= 0.6 is 0 Å². The number of methoxy groups -OCH3 is 1. The Morgan fingerprint density at radius 2 is 2.44 bits per heavy atom. The minimum atomic E-state index is -0.610. The third-order valence-electron chi connectivity index (χ3n) is 2.06. The van der Waals surface area contributed by atoms with Crippen LogP contribution in [0.5, 0.6) is 0 Å². The summed E-state index contributed by atoms with van der Waals surface area (Å²) >= 11 is 0. The van der Waals surface area contributed by atoms with E-state index in [-0.39, 0.29) is 0 Å². The molecule has 2 heterocycles. The number of nitrogens with zero attached hydrogens (tertiary/aromatic N) is 4. The van der Waals surface area contributed by atoms with Crippen molar-refractivity contribution in [2.45, 2.75) is 13.0 Å². The summed E-state index contributed by atoms with van der Waals surface area (Å²) in [4.78, 5) is 12.4. The van der Waals surface area contributed by atoms with E-state index in [1.54, 1.807) is 19.1 Å². The standard InChI is InChI=1S/C9H10N4O3/c1-6(9(14)15-2)13-11-8(10-12-13)7-4-3-5-16-7/h3-6H,1-2H3/t6-/m0/s1. The Labute approximate surface area is 91.0 Å². The Kier molecular flexibility index (Phi) is 2.67. The fourth-order valence-corrected chi connectivity index (χ4v) is 1.16. The second-order valence-electron chi connectivity index (χ2n) is 3.11. The zero-order valence-corrected chi connectivity index (χ0v) is 8.82. The lowest BCUT2D eigenvalue weighted by atomic mass is 10.4. The SMILES string of the molecule is COC(=O)[C@H](C)n1nnc(-c2ccco2)n1. The second-order valence-corrected chi connectivity index (χ2v) is 3.11. The summed E-state index contributed by atoms with van der Waals surface area (Å²) < 4.78 is 9.68. The molecular weight excluding hydrogens is 212 g/mol. The second kappa shape index (κ2) is 4.13. The summed E-state index contributed by atoms with van der Waals surface area (Å²) in [6.07, 6.45) is 1.51. The molecule has 1 atom stereocenters. The zero-order chi connectivity index (χ0) is 11.5.